The van der Waals surface area contributed by atoms with Crippen LogP contribution in [0.1, 0.15) is 35.1 Å². The molecule has 0 aliphatic carbocycles. The van der Waals surface area contributed by atoms with Crippen LogP contribution in [0.5, 0.6) is 0 Å². The predicted octanol–water partition coefficient (Wildman–Crippen LogP) is 3.79. The molecule has 0 saturated heterocycles. The van der Waals surface area contributed by atoms with Crippen LogP contribution >= 0.6 is 23.2 Å². The summed E-state index contributed by atoms with van der Waals surface area (Å²) in [5, 5.41) is 18.7. The average Bonchev–Trinajstić information content (AvgIpc) is 3.01. The van der Waals surface area contributed by atoms with Gasteiger partial charge in [0.05, 0.1) is 17.7 Å². The summed E-state index contributed by atoms with van der Waals surface area (Å²) in [5.74, 6) is -1.83. The molecule has 0 aromatic heterocycles. The van der Waals surface area contributed by atoms with Crippen LogP contribution in [-0.4, -0.2) is 67.9 Å². The zero-order valence-electron chi connectivity index (χ0n) is 25.9. The van der Waals surface area contributed by atoms with Gasteiger partial charge in [0.2, 0.25) is 17.7 Å². The van der Waals surface area contributed by atoms with E-state index >= 15 is 0 Å². The van der Waals surface area contributed by atoms with E-state index < -0.39 is 35.8 Å². The van der Waals surface area contributed by atoms with Crippen molar-refractivity contribution in [3.8, 4) is 6.07 Å². The molecule has 5 N–H and O–H groups in total. The van der Waals surface area contributed by atoms with Crippen molar-refractivity contribution in [2.45, 2.75) is 50.2 Å². The van der Waals surface area contributed by atoms with Crippen molar-refractivity contribution in [2.24, 2.45) is 5.73 Å². The second-order valence-electron chi connectivity index (χ2n) is 11.3. The number of carbonyl (C=O) groups is 3. The highest BCUT2D eigenvalue weighted by atomic mass is 35.5. The number of nitrogens with one attached hydrogen (secondary N) is 3. The van der Waals surface area contributed by atoms with Crippen molar-refractivity contribution in [1.82, 2.24) is 20.9 Å². The number of nitrogens with two attached hydrogens (primary N) is 1. The van der Waals surface area contributed by atoms with Gasteiger partial charge in [-0.25, -0.2) is 4.39 Å². The van der Waals surface area contributed by atoms with Crippen LogP contribution in [0, 0.1) is 17.1 Å². The van der Waals surface area contributed by atoms with Crippen molar-refractivity contribution in [3.63, 3.8) is 0 Å². The minimum Gasteiger partial charge on any atom is -0.356 e. The number of hydrogen-bond donors (Lipinski definition) is 4. The normalized spacial score (nSPS) is 12.9. The number of halogens is 3. The highest BCUT2D eigenvalue weighted by molar-refractivity contribution is 6.35. The Balaban J connectivity index is 1.81. The Morgan fingerprint density at radius 3 is 2.33 bits per heavy atom. The van der Waals surface area contributed by atoms with Crippen LogP contribution in [0.25, 0.3) is 0 Å². The molecule has 0 heterocycles. The molecule has 46 heavy (non-hydrogen) atoms. The fraction of sp³-hybridized carbons (Fsp3) is 0.353. The largest absolute Gasteiger partial charge is 0.356 e. The van der Waals surface area contributed by atoms with Gasteiger partial charge < -0.3 is 26.6 Å². The number of benzene rings is 3. The highest BCUT2D eigenvalue weighted by Crippen LogP contribution is 2.22. The van der Waals surface area contributed by atoms with E-state index in [0.717, 1.165) is 13.0 Å². The monoisotopic (exact) mass is 668 g/mol. The van der Waals surface area contributed by atoms with Gasteiger partial charge in [-0.2, -0.15) is 5.26 Å². The molecule has 0 fully saturated rings. The van der Waals surface area contributed by atoms with Gasteiger partial charge in [-0.3, -0.25) is 14.4 Å². The second-order valence-corrected chi connectivity index (χ2v) is 12.2. The SMILES string of the molecule is CN(C)CCCNC(=O)C[C@H](Cc1ccc(F)cc1)NC(=O)[C@@H](Cc1ccc(Cl)cc1Cl)NC(=O)[C@H](N)Cc1ccccc1C#N. The molecule has 0 aliphatic heterocycles. The minimum atomic E-state index is -1.12. The molecule has 0 saturated carbocycles. The molecule has 9 nitrogen and oxygen atoms in total. The number of nitrogens with zero attached hydrogens (tertiary/aromatic N) is 2. The molecule has 3 aromatic carbocycles. The molecular formula is C34H39Cl2FN6O3. The smallest absolute Gasteiger partial charge is 0.243 e. The third kappa shape index (κ3) is 12.1. The number of nitriles is 1. The third-order valence-electron chi connectivity index (χ3n) is 7.26. The lowest BCUT2D eigenvalue weighted by Gasteiger charge is -2.25. The van der Waals surface area contributed by atoms with Gasteiger partial charge in [0.15, 0.2) is 0 Å². The Hall–Kier alpha value is -4.01. The van der Waals surface area contributed by atoms with Crippen molar-refractivity contribution in [3.05, 3.63) is 105 Å². The van der Waals surface area contributed by atoms with Crippen LogP contribution < -0.4 is 21.7 Å². The predicted molar refractivity (Wildman–Crippen MR) is 178 cm³/mol. The topological polar surface area (TPSA) is 140 Å². The lowest BCUT2D eigenvalue weighted by Crippen LogP contribution is -2.55. The van der Waals surface area contributed by atoms with Gasteiger partial charge in [-0.15, -0.1) is 0 Å². The molecule has 3 aromatic rings. The summed E-state index contributed by atoms with van der Waals surface area (Å²) in [6.45, 7) is 1.27. The molecule has 244 valence electrons. The number of rotatable bonds is 16. The average molecular weight is 670 g/mol. The first-order valence-corrected chi connectivity index (χ1v) is 15.6. The summed E-state index contributed by atoms with van der Waals surface area (Å²) in [6.07, 6.45) is 1.03. The van der Waals surface area contributed by atoms with Gasteiger partial charge in [-0.1, -0.05) is 59.6 Å². The summed E-state index contributed by atoms with van der Waals surface area (Å²) in [6, 6.07) is 16.7. The lowest BCUT2D eigenvalue weighted by atomic mass is 9.99. The van der Waals surface area contributed by atoms with Crippen molar-refractivity contribution in [1.29, 1.82) is 5.26 Å². The zero-order chi connectivity index (χ0) is 33.6. The van der Waals surface area contributed by atoms with Gasteiger partial charge >= 0.3 is 0 Å². The maximum Gasteiger partial charge on any atom is 0.243 e. The minimum absolute atomic E-state index is 0.00901. The van der Waals surface area contributed by atoms with Gasteiger partial charge in [-0.05, 0) is 86.9 Å². The summed E-state index contributed by atoms with van der Waals surface area (Å²) < 4.78 is 13.6. The highest BCUT2D eigenvalue weighted by Gasteiger charge is 2.28. The molecule has 3 atom stereocenters. The summed E-state index contributed by atoms with van der Waals surface area (Å²) in [7, 11) is 3.89. The van der Waals surface area contributed by atoms with Crippen LogP contribution in [0.4, 0.5) is 4.39 Å². The van der Waals surface area contributed by atoms with Gasteiger partial charge in [0.25, 0.3) is 0 Å². The Kier molecular flexibility index (Phi) is 14.4. The Labute approximate surface area is 279 Å². The van der Waals surface area contributed by atoms with Crippen molar-refractivity contribution in [2.75, 3.05) is 27.2 Å². The molecule has 3 amide bonds. The fourth-order valence-electron chi connectivity index (χ4n) is 4.83. The molecule has 0 aliphatic rings. The summed E-state index contributed by atoms with van der Waals surface area (Å²) in [5.41, 5.74) is 8.51. The molecule has 0 bridgehead atoms. The molecular weight excluding hydrogens is 630 g/mol. The quantitative estimate of drug-likeness (QED) is 0.171. The lowest BCUT2D eigenvalue weighted by molar-refractivity contribution is -0.130. The number of hydrogen-bond acceptors (Lipinski definition) is 6. The summed E-state index contributed by atoms with van der Waals surface area (Å²) in [4.78, 5) is 42.0. The Morgan fingerprint density at radius 1 is 0.935 bits per heavy atom. The standard InChI is InChI=1S/C34H39Cl2FN6O3/c1-43(2)15-5-14-40-32(44)20-28(16-22-8-12-27(37)13-9-22)41-34(46)31(18-24-10-11-26(35)19-29(24)36)42-33(45)30(39)17-23-6-3-4-7-25(23)21-38/h3-4,6-13,19,28,30-31H,5,14-18,20,39H2,1-2H3,(H,40,44)(H,41,46)(H,42,45)/t28-,30+,31+/m0/s1. The second kappa shape index (κ2) is 18.2. The van der Waals surface area contributed by atoms with Crippen molar-refractivity contribution >= 4 is 40.9 Å². The van der Waals surface area contributed by atoms with Crippen LogP contribution in [0.2, 0.25) is 10.0 Å². The zero-order valence-corrected chi connectivity index (χ0v) is 27.4. The Morgan fingerprint density at radius 2 is 1.65 bits per heavy atom. The maximum absolute atomic E-state index is 13.8. The number of carbonyl (C=O) groups excluding carboxylic acids is 3. The molecule has 12 heteroatoms. The molecule has 3 rings (SSSR count). The Bertz CT molecular complexity index is 1530. The first kappa shape index (κ1) is 36.5. The first-order chi connectivity index (χ1) is 21.9. The molecule has 0 radical (unpaired) electrons. The molecule has 0 unspecified atom stereocenters. The van der Waals surface area contributed by atoms with E-state index in [0.29, 0.717) is 38.8 Å². The summed E-state index contributed by atoms with van der Waals surface area (Å²) >= 11 is 12.5. The third-order valence-corrected chi connectivity index (χ3v) is 7.85. The van der Waals surface area contributed by atoms with E-state index in [1.54, 1.807) is 48.5 Å². The van der Waals surface area contributed by atoms with E-state index in [4.69, 9.17) is 28.9 Å². The first-order valence-electron chi connectivity index (χ1n) is 14.9. The van der Waals surface area contributed by atoms with Gasteiger partial charge in [0.1, 0.15) is 11.9 Å². The van der Waals surface area contributed by atoms with E-state index in [1.165, 1.54) is 18.2 Å². The molecule has 0 spiro atoms. The fourth-order valence-corrected chi connectivity index (χ4v) is 5.32. The van der Waals surface area contributed by atoms with Crippen LogP contribution in [0.3, 0.4) is 0 Å². The van der Waals surface area contributed by atoms with E-state index in [2.05, 4.69) is 22.0 Å². The van der Waals surface area contributed by atoms with Crippen LogP contribution in [-0.2, 0) is 33.6 Å². The van der Waals surface area contributed by atoms with E-state index in [9.17, 15) is 24.0 Å². The van der Waals surface area contributed by atoms with Crippen LogP contribution in [0.15, 0.2) is 66.7 Å². The maximum atomic E-state index is 13.8. The van der Waals surface area contributed by atoms with Gasteiger partial charge in [0, 0.05) is 35.5 Å². The van der Waals surface area contributed by atoms with E-state index in [-0.39, 0.29) is 31.6 Å². The number of amides is 3. The van der Waals surface area contributed by atoms with E-state index in [1.807, 2.05) is 19.0 Å². The van der Waals surface area contributed by atoms with Crippen molar-refractivity contribution < 1.29 is 18.8 Å².